The summed E-state index contributed by atoms with van der Waals surface area (Å²) in [6.45, 7) is 13.1. The predicted molar refractivity (Wildman–Crippen MR) is 112 cm³/mol. The summed E-state index contributed by atoms with van der Waals surface area (Å²) in [5, 5.41) is 0. The minimum atomic E-state index is -0.360. The second-order valence-electron chi connectivity index (χ2n) is 8.48. The zero-order chi connectivity index (χ0) is 20.7. The van der Waals surface area contributed by atoms with Gasteiger partial charge in [0.1, 0.15) is 0 Å². The number of hydrogen-bond acceptors (Lipinski definition) is 4. The van der Waals surface area contributed by atoms with Gasteiger partial charge in [-0.3, -0.25) is 0 Å². The molecule has 0 radical (unpaired) electrons. The zero-order valence-corrected chi connectivity index (χ0v) is 18.6. The van der Waals surface area contributed by atoms with Gasteiger partial charge in [-0.05, 0) is 37.5 Å². The quantitative estimate of drug-likeness (QED) is 0.199. The molecule has 27 heavy (non-hydrogen) atoms. The number of rotatable bonds is 14. The highest BCUT2D eigenvalue weighted by molar-refractivity contribution is 6.00. The van der Waals surface area contributed by atoms with E-state index in [1.54, 1.807) is 0 Å². The van der Waals surface area contributed by atoms with Crippen molar-refractivity contribution in [2.24, 2.45) is 5.41 Å². The van der Waals surface area contributed by atoms with Crippen LogP contribution >= 0.6 is 0 Å². The molecule has 0 aromatic heterocycles. The van der Waals surface area contributed by atoms with E-state index in [2.05, 4.69) is 27.7 Å². The molecule has 0 unspecified atom stereocenters. The molecule has 0 aliphatic heterocycles. The number of unbranched alkanes of at least 4 members (excludes halogenated alkanes) is 5. The number of ether oxygens (including phenoxy) is 2. The summed E-state index contributed by atoms with van der Waals surface area (Å²) in [7, 11) is 0. The molecule has 158 valence electrons. The van der Waals surface area contributed by atoms with Crippen molar-refractivity contribution in [3.05, 3.63) is 11.1 Å². The second-order valence-corrected chi connectivity index (χ2v) is 8.48. The third kappa shape index (κ3) is 12.6. The molecule has 0 heterocycles. The molecule has 0 atom stereocenters. The van der Waals surface area contributed by atoms with Crippen LogP contribution < -0.4 is 0 Å². The molecule has 0 aliphatic rings. The van der Waals surface area contributed by atoms with Crippen molar-refractivity contribution in [1.82, 2.24) is 0 Å². The molecule has 4 heteroatoms. The summed E-state index contributed by atoms with van der Waals surface area (Å²) >= 11 is 0. The molecule has 0 bridgehead atoms. The van der Waals surface area contributed by atoms with Gasteiger partial charge in [0.15, 0.2) is 0 Å². The SMILES string of the molecule is CCCCCCCC/C(C(=O)OCCC)=C(\CC(C)(C)C)C(=O)OCCC. The Morgan fingerprint density at radius 3 is 1.63 bits per heavy atom. The Morgan fingerprint density at radius 1 is 0.667 bits per heavy atom. The molecule has 0 saturated carbocycles. The predicted octanol–water partition coefficient (Wildman–Crippen LogP) is 6.38. The van der Waals surface area contributed by atoms with E-state index in [1.807, 2.05) is 13.8 Å². The maximum absolute atomic E-state index is 12.7. The maximum atomic E-state index is 12.7. The molecule has 4 nitrogen and oxygen atoms in total. The molecule has 0 N–H and O–H groups in total. The Balaban J connectivity index is 5.40. The van der Waals surface area contributed by atoms with E-state index >= 15 is 0 Å². The lowest BCUT2D eigenvalue weighted by atomic mass is 9.85. The van der Waals surface area contributed by atoms with Crippen LogP contribution in [0.2, 0.25) is 0 Å². The fourth-order valence-corrected chi connectivity index (χ4v) is 2.85. The minimum absolute atomic E-state index is 0.113. The zero-order valence-electron chi connectivity index (χ0n) is 18.6. The third-order valence-electron chi connectivity index (χ3n) is 4.22. The van der Waals surface area contributed by atoms with Crippen LogP contribution in [0.1, 0.15) is 106 Å². The van der Waals surface area contributed by atoms with Gasteiger partial charge in [-0.1, -0.05) is 73.6 Å². The third-order valence-corrected chi connectivity index (χ3v) is 4.22. The fourth-order valence-electron chi connectivity index (χ4n) is 2.85. The number of hydrogen-bond donors (Lipinski definition) is 0. The standard InChI is InChI=1S/C23H42O4/c1-7-10-11-12-13-14-15-19(21(24)26-16-8-2)20(18-23(4,5)6)22(25)27-17-9-3/h7-18H2,1-6H3/b20-19-. The summed E-state index contributed by atoms with van der Waals surface area (Å²) in [5.41, 5.74) is 0.915. The van der Waals surface area contributed by atoms with E-state index in [4.69, 9.17) is 9.47 Å². The topological polar surface area (TPSA) is 52.6 Å². The van der Waals surface area contributed by atoms with Crippen LogP contribution in [0, 0.1) is 5.41 Å². The first kappa shape index (κ1) is 25.7. The molecule has 0 aromatic rings. The van der Waals surface area contributed by atoms with Gasteiger partial charge in [-0.2, -0.15) is 0 Å². The van der Waals surface area contributed by atoms with Crippen LogP contribution in [0.4, 0.5) is 0 Å². The first-order chi connectivity index (χ1) is 12.8. The van der Waals surface area contributed by atoms with E-state index in [1.165, 1.54) is 25.7 Å². The highest BCUT2D eigenvalue weighted by atomic mass is 16.5. The molecule has 0 spiro atoms. The molecule has 0 saturated heterocycles. The summed E-state index contributed by atoms with van der Waals surface area (Å²) < 4.78 is 10.8. The van der Waals surface area contributed by atoms with Crippen LogP contribution in [0.15, 0.2) is 11.1 Å². The van der Waals surface area contributed by atoms with Crippen molar-refractivity contribution < 1.29 is 19.1 Å². The van der Waals surface area contributed by atoms with Crippen LogP contribution in [-0.4, -0.2) is 25.2 Å². The fraction of sp³-hybridized carbons (Fsp3) is 0.826. The van der Waals surface area contributed by atoms with Crippen molar-refractivity contribution in [3.63, 3.8) is 0 Å². The van der Waals surface area contributed by atoms with Gasteiger partial charge in [0, 0.05) is 11.1 Å². The van der Waals surface area contributed by atoms with E-state index in [0.29, 0.717) is 37.2 Å². The Labute approximate surface area is 167 Å². The van der Waals surface area contributed by atoms with Crippen molar-refractivity contribution in [2.45, 2.75) is 106 Å². The number of carbonyl (C=O) groups is 2. The van der Waals surface area contributed by atoms with Crippen molar-refractivity contribution >= 4 is 11.9 Å². The Bertz CT molecular complexity index is 457. The average molecular weight is 383 g/mol. The molecular weight excluding hydrogens is 340 g/mol. The lowest BCUT2D eigenvalue weighted by molar-refractivity contribution is -0.142. The lowest BCUT2D eigenvalue weighted by Gasteiger charge is -2.22. The van der Waals surface area contributed by atoms with E-state index < -0.39 is 0 Å². The first-order valence-corrected chi connectivity index (χ1v) is 10.8. The van der Waals surface area contributed by atoms with E-state index in [9.17, 15) is 9.59 Å². The molecule has 0 amide bonds. The van der Waals surface area contributed by atoms with Gasteiger partial charge >= 0.3 is 11.9 Å². The maximum Gasteiger partial charge on any atom is 0.334 e. The van der Waals surface area contributed by atoms with Gasteiger partial charge in [0.25, 0.3) is 0 Å². The second kappa shape index (κ2) is 14.7. The van der Waals surface area contributed by atoms with Crippen LogP contribution in [0.3, 0.4) is 0 Å². The minimum Gasteiger partial charge on any atom is -0.462 e. The molecular formula is C23H42O4. The number of esters is 2. The normalized spacial score (nSPS) is 12.5. The van der Waals surface area contributed by atoms with Gasteiger partial charge in [0.2, 0.25) is 0 Å². The largest absolute Gasteiger partial charge is 0.462 e. The highest BCUT2D eigenvalue weighted by Crippen LogP contribution is 2.29. The van der Waals surface area contributed by atoms with E-state index in [-0.39, 0.29) is 17.4 Å². The van der Waals surface area contributed by atoms with Gasteiger partial charge < -0.3 is 9.47 Å². The summed E-state index contributed by atoms with van der Waals surface area (Å²) in [4.78, 5) is 25.4. The van der Waals surface area contributed by atoms with Crippen LogP contribution in [-0.2, 0) is 19.1 Å². The molecule has 0 fully saturated rings. The van der Waals surface area contributed by atoms with Crippen LogP contribution in [0.5, 0.6) is 0 Å². The Hall–Kier alpha value is -1.32. The van der Waals surface area contributed by atoms with E-state index in [0.717, 1.165) is 25.7 Å². The van der Waals surface area contributed by atoms with Crippen LogP contribution in [0.25, 0.3) is 0 Å². The summed E-state index contributed by atoms with van der Waals surface area (Å²) in [6, 6.07) is 0. The van der Waals surface area contributed by atoms with Gasteiger partial charge in [-0.25, -0.2) is 9.59 Å². The van der Waals surface area contributed by atoms with Gasteiger partial charge in [0.05, 0.1) is 13.2 Å². The first-order valence-electron chi connectivity index (χ1n) is 10.8. The van der Waals surface area contributed by atoms with Crippen molar-refractivity contribution in [2.75, 3.05) is 13.2 Å². The summed E-state index contributed by atoms with van der Waals surface area (Å²) in [5.74, 6) is -0.709. The van der Waals surface area contributed by atoms with Crippen molar-refractivity contribution in [3.8, 4) is 0 Å². The monoisotopic (exact) mass is 382 g/mol. The average Bonchev–Trinajstić information content (AvgIpc) is 2.61. The molecule has 0 rings (SSSR count). The lowest BCUT2D eigenvalue weighted by Crippen LogP contribution is -2.21. The molecule has 0 aliphatic carbocycles. The Morgan fingerprint density at radius 2 is 1.15 bits per heavy atom. The molecule has 0 aromatic carbocycles. The highest BCUT2D eigenvalue weighted by Gasteiger charge is 2.27. The summed E-state index contributed by atoms with van der Waals surface area (Å²) in [6.07, 6.45) is 9.46. The number of carbonyl (C=O) groups excluding carboxylic acids is 2. The van der Waals surface area contributed by atoms with Gasteiger partial charge in [-0.15, -0.1) is 0 Å². The Kier molecular flexibility index (Phi) is 14.0. The smallest absolute Gasteiger partial charge is 0.334 e. The van der Waals surface area contributed by atoms with Crippen molar-refractivity contribution in [1.29, 1.82) is 0 Å².